The molecule has 1 unspecified atom stereocenters. The third-order valence-electron chi connectivity index (χ3n) is 4.95. The molecular weight excluding hydrogens is 364 g/mol. The molecule has 6 nitrogen and oxygen atoms in total. The lowest BCUT2D eigenvalue weighted by Crippen LogP contribution is -2.34. The molecule has 1 saturated heterocycles. The fourth-order valence-corrected chi connectivity index (χ4v) is 4.61. The molecule has 0 radical (unpaired) electrons. The van der Waals surface area contributed by atoms with Crippen LogP contribution in [0.3, 0.4) is 0 Å². The van der Waals surface area contributed by atoms with Crippen LogP contribution in [0.4, 0.5) is 0 Å². The molecule has 0 bridgehead atoms. The van der Waals surface area contributed by atoms with Crippen molar-refractivity contribution in [2.75, 3.05) is 33.6 Å². The van der Waals surface area contributed by atoms with Crippen molar-refractivity contribution < 1.29 is 17.9 Å². The summed E-state index contributed by atoms with van der Waals surface area (Å²) < 4.78 is 34.9. The van der Waals surface area contributed by atoms with E-state index in [9.17, 15) is 8.42 Å². The van der Waals surface area contributed by atoms with Crippen molar-refractivity contribution in [3.8, 4) is 11.5 Å². The Morgan fingerprint density at radius 2 is 1.96 bits per heavy atom. The van der Waals surface area contributed by atoms with Crippen LogP contribution in [0.5, 0.6) is 11.5 Å². The highest BCUT2D eigenvalue weighted by atomic mass is 32.2. The van der Waals surface area contributed by atoms with Gasteiger partial charge in [0.25, 0.3) is 0 Å². The van der Waals surface area contributed by atoms with E-state index < -0.39 is 9.84 Å². The first-order valence-electron chi connectivity index (χ1n) is 9.00. The number of hydrogen-bond donors (Lipinski definition) is 0. The Hall–Kier alpha value is -2.12. The number of hydrogen-bond acceptors (Lipinski definition) is 6. The van der Waals surface area contributed by atoms with E-state index in [4.69, 9.17) is 9.47 Å². The Kier molecular flexibility index (Phi) is 6.01. The van der Waals surface area contributed by atoms with E-state index in [1.54, 1.807) is 32.5 Å². The lowest BCUT2D eigenvalue weighted by Gasteiger charge is -2.33. The summed E-state index contributed by atoms with van der Waals surface area (Å²) >= 11 is 0. The summed E-state index contributed by atoms with van der Waals surface area (Å²) in [6, 6.07) is 9.28. The number of benzene rings is 1. The molecule has 1 aliphatic rings. The minimum absolute atomic E-state index is 0.116. The Morgan fingerprint density at radius 3 is 2.67 bits per heavy atom. The molecule has 2 heterocycles. The predicted octanol–water partition coefficient (Wildman–Crippen LogP) is 2.88. The monoisotopic (exact) mass is 390 g/mol. The van der Waals surface area contributed by atoms with Gasteiger partial charge in [0.15, 0.2) is 21.3 Å². The number of pyridine rings is 1. The highest BCUT2D eigenvalue weighted by molar-refractivity contribution is 7.90. The average molecular weight is 391 g/mol. The van der Waals surface area contributed by atoms with E-state index in [1.165, 1.54) is 6.26 Å². The van der Waals surface area contributed by atoms with Crippen LogP contribution in [0, 0.1) is 0 Å². The summed E-state index contributed by atoms with van der Waals surface area (Å²) in [7, 11) is -0.0320. The van der Waals surface area contributed by atoms with Gasteiger partial charge < -0.3 is 9.47 Å². The second kappa shape index (κ2) is 8.27. The fourth-order valence-electron chi connectivity index (χ4n) is 3.68. The molecule has 7 heteroatoms. The van der Waals surface area contributed by atoms with Crippen LogP contribution >= 0.6 is 0 Å². The van der Waals surface area contributed by atoms with E-state index in [1.807, 2.05) is 18.2 Å². The van der Waals surface area contributed by atoms with Crippen molar-refractivity contribution in [3.05, 3.63) is 47.8 Å². The predicted molar refractivity (Wildman–Crippen MR) is 104 cm³/mol. The molecule has 3 rings (SSSR count). The quantitative estimate of drug-likeness (QED) is 0.755. The van der Waals surface area contributed by atoms with Gasteiger partial charge >= 0.3 is 0 Å². The first-order chi connectivity index (χ1) is 12.9. The van der Waals surface area contributed by atoms with Crippen molar-refractivity contribution in [2.45, 2.75) is 30.2 Å². The highest BCUT2D eigenvalue weighted by Crippen LogP contribution is 2.32. The SMILES string of the molecule is COc1ccc(CN2CCCC(c3ncccc3S(C)(=O)=O)C2)cc1OC. The Balaban J connectivity index is 1.78. The van der Waals surface area contributed by atoms with Crippen molar-refractivity contribution in [1.29, 1.82) is 0 Å². The zero-order valence-corrected chi connectivity index (χ0v) is 16.8. The van der Waals surface area contributed by atoms with Gasteiger partial charge in [-0.1, -0.05) is 6.07 Å². The van der Waals surface area contributed by atoms with Gasteiger partial charge in [-0.3, -0.25) is 9.88 Å². The number of methoxy groups -OCH3 is 2. The molecule has 1 aromatic carbocycles. The van der Waals surface area contributed by atoms with Crippen molar-refractivity contribution >= 4 is 9.84 Å². The number of aromatic nitrogens is 1. The fraction of sp³-hybridized carbons (Fsp3) is 0.450. The number of sulfone groups is 1. The number of nitrogens with zero attached hydrogens (tertiary/aromatic N) is 2. The molecule has 0 aliphatic carbocycles. The summed E-state index contributed by atoms with van der Waals surface area (Å²) in [5.74, 6) is 1.54. The molecule has 1 aliphatic heterocycles. The molecule has 0 saturated carbocycles. The van der Waals surface area contributed by atoms with Gasteiger partial charge in [0, 0.05) is 31.5 Å². The maximum atomic E-state index is 12.1. The minimum Gasteiger partial charge on any atom is -0.493 e. The molecule has 1 fully saturated rings. The molecule has 146 valence electrons. The van der Waals surface area contributed by atoms with Crippen LogP contribution in [0.15, 0.2) is 41.4 Å². The van der Waals surface area contributed by atoms with Gasteiger partial charge in [-0.25, -0.2) is 8.42 Å². The number of piperidine rings is 1. The summed E-state index contributed by atoms with van der Waals surface area (Å²) in [4.78, 5) is 7.11. The van der Waals surface area contributed by atoms with Crippen molar-refractivity contribution in [2.24, 2.45) is 0 Å². The van der Waals surface area contributed by atoms with Gasteiger partial charge in [-0.05, 0) is 49.2 Å². The van der Waals surface area contributed by atoms with Crippen LogP contribution in [-0.4, -0.2) is 51.9 Å². The molecule has 0 amide bonds. The molecule has 2 aromatic rings. The summed E-state index contributed by atoms with van der Waals surface area (Å²) in [6.07, 6.45) is 4.88. The lowest BCUT2D eigenvalue weighted by atomic mass is 9.94. The zero-order chi connectivity index (χ0) is 19.4. The van der Waals surface area contributed by atoms with E-state index in [-0.39, 0.29) is 5.92 Å². The Bertz CT molecular complexity index is 899. The van der Waals surface area contributed by atoms with Gasteiger partial charge in [0.1, 0.15) is 0 Å². The topological polar surface area (TPSA) is 68.7 Å². The Labute approximate surface area is 161 Å². The van der Waals surface area contributed by atoms with Crippen LogP contribution in [-0.2, 0) is 16.4 Å². The molecule has 1 aromatic heterocycles. The maximum Gasteiger partial charge on any atom is 0.177 e. The molecule has 1 atom stereocenters. The third-order valence-corrected chi connectivity index (χ3v) is 6.09. The van der Waals surface area contributed by atoms with Crippen LogP contribution in [0.2, 0.25) is 0 Å². The van der Waals surface area contributed by atoms with Crippen LogP contribution in [0.25, 0.3) is 0 Å². The maximum absolute atomic E-state index is 12.1. The van der Waals surface area contributed by atoms with E-state index >= 15 is 0 Å². The van der Waals surface area contributed by atoms with Gasteiger partial charge in [-0.15, -0.1) is 0 Å². The molecule has 0 spiro atoms. The second-order valence-corrected chi connectivity index (χ2v) is 8.91. The van der Waals surface area contributed by atoms with E-state index in [0.29, 0.717) is 22.1 Å². The average Bonchev–Trinajstić information content (AvgIpc) is 2.67. The zero-order valence-electron chi connectivity index (χ0n) is 16.0. The summed E-state index contributed by atoms with van der Waals surface area (Å²) in [5.41, 5.74) is 1.83. The molecule has 0 N–H and O–H groups in total. The number of rotatable bonds is 6. The van der Waals surface area contributed by atoms with E-state index in [2.05, 4.69) is 9.88 Å². The minimum atomic E-state index is -3.29. The largest absolute Gasteiger partial charge is 0.493 e. The van der Waals surface area contributed by atoms with Gasteiger partial charge in [0.2, 0.25) is 0 Å². The summed E-state index contributed by atoms with van der Waals surface area (Å²) in [6.45, 7) is 2.54. The first-order valence-corrected chi connectivity index (χ1v) is 10.9. The number of likely N-dealkylation sites (tertiary alicyclic amines) is 1. The normalized spacial score (nSPS) is 18.3. The van der Waals surface area contributed by atoms with Crippen molar-refractivity contribution in [3.63, 3.8) is 0 Å². The Morgan fingerprint density at radius 1 is 1.19 bits per heavy atom. The molecule has 27 heavy (non-hydrogen) atoms. The first kappa shape index (κ1) is 19.6. The van der Waals surface area contributed by atoms with Crippen molar-refractivity contribution in [1.82, 2.24) is 9.88 Å². The lowest BCUT2D eigenvalue weighted by molar-refractivity contribution is 0.197. The summed E-state index contributed by atoms with van der Waals surface area (Å²) in [5, 5.41) is 0. The molecular formula is C20H26N2O4S. The smallest absolute Gasteiger partial charge is 0.177 e. The number of ether oxygens (including phenoxy) is 2. The van der Waals surface area contributed by atoms with E-state index in [0.717, 1.165) is 38.0 Å². The highest BCUT2D eigenvalue weighted by Gasteiger charge is 2.27. The van der Waals surface area contributed by atoms with Gasteiger partial charge in [0.05, 0.1) is 24.8 Å². The van der Waals surface area contributed by atoms with Gasteiger partial charge in [-0.2, -0.15) is 0 Å². The van der Waals surface area contributed by atoms with Crippen LogP contribution in [0.1, 0.15) is 30.0 Å². The second-order valence-electron chi connectivity index (χ2n) is 6.92. The van der Waals surface area contributed by atoms with Crippen LogP contribution < -0.4 is 9.47 Å². The standard InChI is InChI=1S/C20H26N2O4S/c1-25-17-9-8-15(12-18(17)26-2)13-22-11-5-6-16(14-22)20-19(27(3,23)24)7-4-10-21-20/h4,7-10,12,16H,5-6,11,13-14H2,1-3H3. The third kappa shape index (κ3) is 4.59.